The zero-order valence-corrected chi connectivity index (χ0v) is 40.3. The number of nitrogens with two attached hydrogens (primary N) is 1. The first kappa shape index (κ1) is 46.8. The zero-order valence-electron chi connectivity index (χ0n) is 36.7. The normalized spacial score (nSPS) is 10.7. The van der Waals surface area contributed by atoms with E-state index in [9.17, 15) is 0 Å². The Kier molecular flexibility index (Phi) is 16.4. The summed E-state index contributed by atoms with van der Waals surface area (Å²) >= 11 is 3.60. The van der Waals surface area contributed by atoms with E-state index in [2.05, 4.69) is 276 Å². The molecular formula is C60H51BBrN2Si2. The van der Waals surface area contributed by atoms with Crippen molar-refractivity contribution in [2.24, 2.45) is 0 Å². The third-order valence-electron chi connectivity index (χ3n) is 11.7. The smallest absolute Gasteiger partial charge is 0.179 e. The van der Waals surface area contributed by atoms with Gasteiger partial charge in [-0.05, 0) is 90.0 Å². The van der Waals surface area contributed by atoms with Crippen molar-refractivity contribution in [2.75, 3.05) is 11.1 Å². The van der Waals surface area contributed by atoms with Crippen molar-refractivity contribution in [3.8, 4) is 0 Å². The highest BCUT2D eigenvalue weighted by Crippen LogP contribution is 2.17. The quantitative estimate of drug-likeness (QED) is 0.0816. The van der Waals surface area contributed by atoms with Gasteiger partial charge in [-0.3, -0.25) is 0 Å². The van der Waals surface area contributed by atoms with Crippen LogP contribution in [0.1, 0.15) is 0 Å². The van der Waals surface area contributed by atoms with Crippen LogP contribution >= 0.6 is 15.9 Å². The van der Waals surface area contributed by atoms with Crippen molar-refractivity contribution in [2.45, 2.75) is 0 Å². The van der Waals surface area contributed by atoms with Gasteiger partial charge in [-0.2, -0.15) is 0 Å². The lowest BCUT2D eigenvalue weighted by atomic mass is 10.3. The maximum atomic E-state index is 5.36. The monoisotopic (exact) mass is 945 g/mol. The van der Waals surface area contributed by atoms with E-state index >= 15 is 0 Å². The van der Waals surface area contributed by atoms with Crippen LogP contribution in [0.15, 0.2) is 296 Å². The number of halogens is 1. The summed E-state index contributed by atoms with van der Waals surface area (Å²) in [4.78, 5) is 0. The van der Waals surface area contributed by atoms with Gasteiger partial charge in [0.05, 0.1) is 0 Å². The first-order valence-electron chi connectivity index (χ1n) is 21.9. The Morgan fingerprint density at radius 2 is 0.470 bits per heavy atom. The van der Waals surface area contributed by atoms with Crippen molar-refractivity contribution in [1.29, 1.82) is 0 Å². The van der Waals surface area contributed by atoms with Gasteiger partial charge in [0.2, 0.25) is 0 Å². The fraction of sp³-hybridized carbons (Fsp3) is 0. The zero-order chi connectivity index (χ0) is 44.6. The molecule has 0 heterocycles. The van der Waals surface area contributed by atoms with Gasteiger partial charge in [-0.15, -0.1) is 0 Å². The van der Waals surface area contributed by atoms with Crippen LogP contribution in [-0.2, 0) is 0 Å². The maximum Gasteiger partial charge on any atom is 0.179 e. The largest absolute Gasteiger partial charge is 0.399 e. The minimum absolute atomic E-state index is 0. The molecule has 0 bridgehead atoms. The SMILES string of the molecule is Brc1ccc([Si](c2ccccc2)(c2ccccc2)c2ccccc2)cc1.Nc1ccccc1.[B].c1ccc(Nc2ccc([Si](c3ccccc3)(c3ccccc3)c3ccccc3)cc2)cc1. The number of para-hydroxylation sites is 2. The summed E-state index contributed by atoms with van der Waals surface area (Å²) in [6.45, 7) is 0. The molecule has 0 spiro atoms. The van der Waals surface area contributed by atoms with Crippen LogP contribution < -0.4 is 52.5 Å². The molecule has 0 aliphatic rings. The summed E-state index contributed by atoms with van der Waals surface area (Å²) in [6, 6.07) is 104. The highest BCUT2D eigenvalue weighted by molar-refractivity contribution is 9.10. The van der Waals surface area contributed by atoms with E-state index in [0.29, 0.717) is 0 Å². The van der Waals surface area contributed by atoms with E-state index in [1.165, 1.54) is 41.5 Å². The van der Waals surface area contributed by atoms with Gasteiger partial charge in [0.25, 0.3) is 0 Å². The van der Waals surface area contributed by atoms with Gasteiger partial charge in [-0.1, -0.05) is 259 Å². The van der Waals surface area contributed by atoms with Gasteiger partial charge >= 0.3 is 0 Å². The lowest BCUT2D eigenvalue weighted by molar-refractivity contribution is 1.56. The van der Waals surface area contributed by atoms with Crippen LogP contribution in [0.2, 0.25) is 0 Å². The molecule has 319 valence electrons. The van der Waals surface area contributed by atoms with Crippen LogP contribution in [-0.4, -0.2) is 24.6 Å². The Morgan fingerprint density at radius 3 is 0.727 bits per heavy atom. The van der Waals surface area contributed by atoms with E-state index in [0.717, 1.165) is 21.5 Å². The Hall–Kier alpha value is -7.22. The van der Waals surface area contributed by atoms with Crippen LogP contribution in [0, 0.1) is 0 Å². The molecule has 10 rings (SSSR count). The van der Waals surface area contributed by atoms with Crippen molar-refractivity contribution in [3.63, 3.8) is 0 Å². The summed E-state index contributed by atoms with van der Waals surface area (Å²) < 4.78 is 1.11. The first-order valence-corrected chi connectivity index (χ1v) is 26.7. The molecule has 0 unspecified atom stereocenters. The fourth-order valence-electron chi connectivity index (χ4n) is 8.77. The lowest BCUT2D eigenvalue weighted by Gasteiger charge is -2.34. The minimum atomic E-state index is -2.44. The van der Waals surface area contributed by atoms with Crippen molar-refractivity contribution < 1.29 is 0 Å². The molecule has 0 aliphatic carbocycles. The number of anilines is 3. The Labute approximate surface area is 403 Å². The third-order valence-corrected chi connectivity index (χ3v) is 21.8. The summed E-state index contributed by atoms with van der Waals surface area (Å²) in [7, 11) is -4.79. The van der Waals surface area contributed by atoms with E-state index in [1.54, 1.807) is 0 Å². The fourth-order valence-corrected chi connectivity index (χ4v) is 18.5. The van der Waals surface area contributed by atoms with Crippen LogP contribution in [0.5, 0.6) is 0 Å². The molecule has 0 fully saturated rings. The average Bonchev–Trinajstić information content (AvgIpc) is 3.38. The van der Waals surface area contributed by atoms with Gasteiger partial charge in [-0.25, -0.2) is 0 Å². The van der Waals surface area contributed by atoms with Crippen molar-refractivity contribution in [3.05, 3.63) is 296 Å². The molecule has 6 heteroatoms. The van der Waals surface area contributed by atoms with E-state index in [-0.39, 0.29) is 8.41 Å². The van der Waals surface area contributed by atoms with Crippen LogP contribution in [0.25, 0.3) is 0 Å². The molecule has 10 aromatic carbocycles. The number of rotatable bonds is 10. The van der Waals surface area contributed by atoms with Gasteiger partial charge in [0, 0.05) is 29.9 Å². The van der Waals surface area contributed by atoms with Crippen molar-refractivity contribution in [1.82, 2.24) is 0 Å². The molecule has 0 amide bonds. The summed E-state index contributed by atoms with van der Waals surface area (Å²) in [5.41, 5.74) is 8.37. The van der Waals surface area contributed by atoms with Crippen LogP contribution in [0.4, 0.5) is 17.1 Å². The molecule has 0 saturated carbocycles. The third kappa shape index (κ3) is 10.7. The number of nitrogen functional groups attached to an aromatic ring is 1. The number of nitrogens with one attached hydrogen (secondary N) is 1. The molecule has 3 radical (unpaired) electrons. The second-order valence-corrected chi connectivity index (χ2v) is 24.2. The predicted octanol–water partition coefficient (Wildman–Crippen LogP) is 9.52. The molecule has 2 nitrogen and oxygen atoms in total. The van der Waals surface area contributed by atoms with E-state index < -0.39 is 16.1 Å². The Bertz CT molecular complexity index is 2720. The summed E-state index contributed by atoms with van der Waals surface area (Å²) in [5.74, 6) is 0. The average molecular weight is 947 g/mol. The van der Waals surface area contributed by atoms with E-state index in [1.807, 2.05) is 36.4 Å². The molecule has 0 aromatic heterocycles. The van der Waals surface area contributed by atoms with Gasteiger partial charge in [0.1, 0.15) is 0 Å². The summed E-state index contributed by atoms with van der Waals surface area (Å²) in [6.07, 6.45) is 0. The first-order chi connectivity index (χ1) is 32.1. The highest BCUT2D eigenvalue weighted by Gasteiger charge is 2.42. The number of hydrogen-bond donors (Lipinski definition) is 2. The molecule has 66 heavy (non-hydrogen) atoms. The molecular weight excluding hydrogens is 896 g/mol. The summed E-state index contributed by atoms with van der Waals surface area (Å²) in [5, 5.41) is 14.7. The second kappa shape index (κ2) is 23.1. The lowest BCUT2D eigenvalue weighted by Crippen LogP contribution is -2.74. The van der Waals surface area contributed by atoms with Gasteiger partial charge in [0.15, 0.2) is 16.1 Å². The highest BCUT2D eigenvalue weighted by atomic mass is 79.9. The molecule has 10 aromatic rings. The Balaban J connectivity index is 0.000000171. The number of hydrogen-bond acceptors (Lipinski definition) is 2. The second-order valence-electron chi connectivity index (χ2n) is 15.7. The minimum Gasteiger partial charge on any atom is -0.399 e. The molecule has 3 N–H and O–H groups in total. The van der Waals surface area contributed by atoms with Crippen LogP contribution in [0.3, 0.4) is 0 Å². The Morgan fingerprint density at radius 1 is 0.258 bits per heavy atom. The van der Waals surface area contributed by atoms with E-state index in [4.69, 9.17) is 5.73 Å². The predicted molar refractivity (Wildman–Crippen MR) is 294 cm³/mol. The molecule has 0 atom stereocenters. The maximum absolute atomic E-state index is 5.36. The van der Waals surface area contributed by atoms with Crippen molar-refractivity contribution >= 4 is 99.0 Å². The molecule has 0 saturated heterocycles. The standard InChI is InChI=1S/C30H25NSi.C24H19BrSi.C6H7N.B/c1-5-13-25(14-6-1)31-26-21-23-30(24-22-26)32(27-15-7-2-8-16-27,28-17-9-3-10-18-28)29-19-11-4-12-20-29;25-20-16-18-24(19-17-20)26(21-10-4-1-5-11-21,22-12-6-2-7-13-22)23-14-8-3-9-15-23;7-6-4-2-1-3-5-6;/h1-24,31H;1-19H;1-5H,7H2;. The molecule has 0 aliphatic heterocycles. The topological polar surface area (TPSA) is 38.0 Å². The van der Waals surface area contributed by atoms with Gasteiger partial charge < -0.3 is 11.1 Å². The number of benzene rings is 10.